The summed E-state index contributed by atoms with van der Waals surface area (Å²) in [5.41, 5.74) is 1.15. The van der Waals surface area contributed by atoms with Gasteiger partial charge in [-0.05, 0) is 12.8 Å². The van der Waals surface area contributed by atoms with Crippen molar-refractivity contribution in [3.05, 3.63) is 35.9 Å². The van der Waals surface area contributed by atoms with Crippen LogP contribution in [0.1, 0.15) is 40.2 Å². The molecule has 0 N–H and O–H groups in total. The molecule has 2 unspecified atom stereocenters. The van der Waals surface area contributed by atoms with Crippen molar-refractivity contribution < 1.29 is 9.47 Å². The number of benzene rings is 1. The molecule has 1 fully saturated rings. The summed E-state index contributed by atoms with van der Waals surface area (Å²) in [5.74, 6) is -0.141. The molecule has 18 heavy (non-hydrogen) atoms. The van der Waals surface area contributed by atoms with Gasteiger partial charge in [-0.25, -0.2) is 0 Å². The Morgan fingerprint density at radius 2 is 1.72 bits per heavy atom. The minimum Gasteiger partial charge on any atom is -0.345 e. The molecule has 0 radical (unpaired) electrons. The van der Waals surface area contributed by atoms with Crippen LogP contribution in [-0.4, -0.2) is 12.7 Å². The van der Waals surface area contributed by atoms with Crippen molar-refractivity contribution in [1.29, 1.82) is 0 Å². The van der Waals surface area contributed by atoms with Gasteiger partial charge in [0.05, 0.1) is 12.7 Å². The lowest BCUT2D eigenvalue weighted by molar-refractivity contribution is -0.337. The molecule has 0 aromatic heterocycles. The molecule has 1 saturated heterocycles. The van der Waals surface area contributed by atoms with E-state index in [-0.39, 0.29) is 11.5 Å². The molecule has 1 aromatic rings. The zero-order valence-electron chi connectivity index (χ0n) is 12.1. The van der Waals surface area contributed by atoms with Gasteiger partial charge in [-0.2, -0.15) is 0 Å². The van der Waals surface area contributed by atoms with Gasteiger partial charge in [-0.3, -0.25) is 0 Å². The lowest BCUT2D eigenvalue weighted by Gasteiger charge is -2.49. The smallest absolute Gasteiger partial charge is 0.192 e. The molecule has 1 heterocycles. The van der Waals surface area contributed by atoms with Crippen LogP contribution < -0.4 is 0 Å². The first kappa shape index (κ1) is 13.6. The van der Waals surface area contributed by atoms with Gasteiger partial charge in [0.1, 0.15) is 0 Å². The molecule has 2 nitrogen and oxygen atoms in total. The molecule has 1 aromatic carbocycles. The SMILES string of the molecule is CC(C)C1OC(C)(c2ccccc2)OCC1(C)C. The lowest BCUT2D eigenvalue weighted by Crippen LogP contribution is -2.52. The van der Waals surface area contributed by atoms with Crippen LogP contribution in [0.3, 0.4) is 0 Å². The van der Waals surface area contributed by atoms with Crippen molar-refractivity contribution in [1.82, 2.24) is 0 Å². The maximum atomic E-state index is 6.31. The van der Waals surface area contributed by atoms with Crippen LogP contribution in [0.2, 0.25) is 0 Å². The van der Waals surface area contributed by atoms with Crippen molar-refractivity contribution in [3.8, 4) is 0 Å². The van der Waals surface area contributed by atoms with Gasteiger partial charge >= 0.3 is 0 Å². The first-order valence-corrected chi connectivity index (χ1v) is 6.72. The van der Waals surface area contributed by atoms with Crippen molar-refractivity contribution in [2.75, 3.05) is 6.61 Å². The maximum Gasteiger partial charge on any atom is 0.192 e. The molecule has 1 aliphatic rings. The standard InChI is InChI=1S/C16H24O2/c1-12(2)14-15(3,4)11-17-16(5,18-14)13-9-7-6-8-10-13/h6-10,12,14H,11H2,1-5H3. The largest absolute Gasteiger partial charge is 0.345 e. The van der Waals surface area contributed by atoms with Gasteiger partial charge in [0.2, 0.25) is 0 Å². The highest BCUT2D eigenvalue weighted by atomic mass is 16.7. The Labute approximate surface area is 110 Å². The van der Waals surface area contributed by atoms with Crippen molar-refractivity contribution in [3.63, 3.8) is 0 Å². The first-order chi connectivity index (χ1) is 8.35. The molecule has 2 heteroatoms. The second kappa shape index (κ2) is 4.67. The minimum atomic E-state index is -0.619. The summed E-state index contributed by atoms with van der Waals surface area (Å²) in [6, 6.07) is 10.2. The molecule has 100 valence electrons. The van der Waals surface area contributed by atoms with Crippen LogP contribution in [0.4, 0.5) is 0 Å². The van der Waals surface area contributed by atoms with E-state index < -0.39 is 5.79 Å². The molecule has 0 aliphatic carbocycles. The van der Waals surface area contributed by atoms with Gasteiger partial charge in [-0.1, -0.05) is 58.0 Å². The van der Waals surface area contributed by atoms with E-state index in [4.69, 9.17) is 9.47 Å². The van der Waals surface area contributed by atoms with E-state index in [0.29, 0.717) is 5.92 Å². The van der Waals surface area contributed by atoms with E-state index in [1.807, 2.05) is 25.1 Å². The summed E-state index contributed by atoms with van der Waals surface area (Å²) in [6.07, 6.45) is 0.205. The molecule has 0 bridgehead atoms. The fourth-order valence-corrected chi connectivity index (χ4v) is 2.77. The normalized spacial score (nSPS) is 31.6. The van der Waals surface area contributed by atoms with Crippen LogP contribution in [-0.2, 0) is 15.3 Å². The van der Waals surface area contributed by atoms with Gasteiger partial charge in [0.25, 0.3) is 0 Å². The van der Waals surface area contributed by atoms with Gasteiger partial charge < -0.3 is 9.47 Å². The van der Waals surface area contributed by atoms with Crippen molar-refractivity contribution >= 4 is 0 Å². The highest BCUT2D eigenvalue weighted by molar-refractivity contribution is 5.20. The average Bonchev–Trinajstić information content (AvgIpc) is 2.33. The maximum absolute atomic E-state index is 6.31. The Kier molecular flexibility index (Phi) is 3.52. The second-order valence-corrected chi connectivity index (χ2v) is 6.37. The Morgan fingerprint density at radius 3 is 2.28 bits per heavy atom. The van der Waals surface area contributed by atoms with Crippen LogP contribution in [0.15, 0.2) is 30.3 Å². The van der Waals surface area contributed by atoms with E-state index in [1.165, 1.54) is 0 Å². The molecule has 0 saturated carbocycles. The molecular weight excluding hydrogens is 224 g/mol. The van der Waals surface area contributed by atoms with E-state index >= 15 is 0 Å². The third-order valence-corrected chi connectivity index (χ3v) is 3.75. The zero-order chi connectivity index (χ0) is 13.4. The van der Waals surface area contributed by atoms with Crippen molar-refractivity contribution in [2.24, 2.45) is 11.3 Å². The molecule has 2 rings (SSSR count). The number of ether oxygens (including phenoxy) is 2. The van der Waals surface area contributed by atoms with E-state index in [1.54, 1.807) is 0 Å². The number of rotatable bonds is 2. The fourth-order valence-electron chi connectivity index (χ4n) is 2.77. The Bertz CT molecular complexity index is 397. The van der Waals surface area contributed by atoms with Crippen molar-refractivity contribution in [2.45, 2.75) is 46.5 Å². The van der Waals surface area contributed by atoms with E-state index in [2.05, 4.69) is 39.8 Å². The third kappa shape index (κ3) is 2.45. The zero-order valence-corrected chi connectivity index (χ0v) is 12.1. The summed E-state index contributed by atoms with van der Waals surface area (Å²) < 4.78 is 12.3. The number of hydrogen-bond donors (Lipinski definition) is 0. The summed E-state index contributed by atoms with van der Waals surface area (Å²) >= 11 is 0. The molecular formula is C16H24O2. The average molecular weight is 248 g/mol. The van der Waals surface area contributed by atoms with E-state index in [0.717, 1.165) is 12.2 Å². The summed E-state index contributed by atoms with van der Waals surface area (Å²) in [6.45, 7) is 11.6. The van der Waals surface area contributed by atoms with Crippen LogP contribution in [0.5, 0.6) is 0 Å². The molecule has 2 atom stereocenters. The number of hydrogen-bond acceptors (Lipinski definition) is 2. The molecule has 0 amide bonds. The summed E-state index contributed by atoms with van der Waals surface area (Å²) in [5, 5.41) is 0. The van der Waals surface area contributed by atoms with Crippen LogP contribution in [0.25, 0.3) is 0 Å². The minimum absolute atomic E-state index is 0.0580. The first-order valence-electron chi connectivity index (χ1n) is 6.72. The fraction of sp³-hybridized carbons (Fsp3) is 0.625. The second-order valence-electron chi connectivity index (χ2n) is 6.37. The molecule has 1 aliphatic heterocycles. The predicted molar refractivity (Wildman–Crippen MR) is 73.2 cm³/mol. The predicted octanol–water partition coefficient (Wildman–Crippen LogP) is 3.96. The summed E-state index contributed by atoms with van der Waals surface area (Å²) in [4.78, 5) is 0. The van der Waals surface area contributed by atoms with Crippen LogP contribution >= 0.6 is 0 Å². The van der Waals surface area contributed by atoms with Crippen LogP contribution in [0, 0.1) is 11.3 Å². The van der Waals surface area contributed by atoms with Gasteiger partial charge in [-0.15, -0.1) is 0 Å². The monoisotopic (exact) mass is 248 g/mol. The highest BCUT2D eigenvalue weighted by Crippen LogP contribution is 2.42. The Balaban J connectivity index is 2.27. The van der Waals surface area contributed by atoms with Gasteiger partial charge in [0.15, 0.2) is 5.79 Å². The topological polar surface area (TPSA) is 18.5 Å². The summed E-state index contributed by atoms with van der Waals surface area (Å²) in [7, 11) is 0. The third-order valence-electron chi connectivity index (χ3n) is 3.75. The highest BCUT2D eigenvalue weighted by Gasteiger charge is 2.46. The Morgan fingerprint density at radius 1 is 1.11 bits per heavy atom. The quantitative estimate of drug-likeness (QED) is 0.788. The van der Waals surface area contributed by atoms with E-state index in [9.17, 15) is 0 Å². The molecule has 0 spiro atoms. The lowest BCUT2D eigenvalue weighted by atomic mass is 9.80. The Hall–Kier alpha value is -0.860. The van der Waals surface area contributed by atoms with Gasteiger partial charge in [0, 0.05) is 11.0 Å².